The summed E-state index contributed by atoms with van der Waals surface area (Å²) in [6, 6.07) is -0.529. The first-order valence-electron chi connectivity index (χ1n) is 4.60. The van der Waals surface area contributed by atoms with Gasteiger partial charge in [-0.25, -0.2) is 8.78 Å². The Morgan fingerprint density at radius 1 is 1.53 bits per heavy atom. The highest BCUT2D eigenvalue weighted by Crippen LogP contribution is 2.21. The maximum absolute atomic E-state index is 12.4. The van der Waals surface area contributed by atoms with Crippen molar-refractivity contribution in [3.63, 3.8) is 0 Å². The molecule has 1 heterocycles. The van der Waals surface area contributed by atoms with E-state index < -0.39 is 30.8 Å². The Morgan fingerprint density at radius 3 is 2.67 bits per heavy atom. The quantitative estimate of drug-likeness (QED) is 0.697. The van der Waals surface area contributed by atoms with Gasteiger partial charge in [-0.1, -0.05) is 0 Å². The molecule has 15 heavy (non-hydrogen) atoms. The summed E-state index contributed by atoms with van der Waals surface area (Å²) in [4.78, 5) is 11.2. The molecule has 7 heteroatoms. The van der Waals surface area contributed by atoms with Gasteiger partial charge in [0, 0.05) is 0 Å². The van der Waals surface area contributed by atoms with Crippen molar-refractivity contribution < 1.29 is 22.4 Å². The number of hydrogen-bond donors (Lipinski definition) is 2. The summed E-state index contributed by atoms with van der Waals surface area (Å²) < 4.78 is 48.3. The molecule has 0 radical (unpaired) electrons. The molecule has 0 aromatic rings. The van der Waals surface area contributed by atoms with Crippen LogP contribution in [-0.4, -0.2) is 37.4 Å². The largest absolute Gasteiger partial charge is 0.348 e. The van der Waals surface area contributed by atoms with Crippen molar-refractivity contribution >= 4 is 5.91 Å². The van der Waals surface area contributed by atoms with Crippen LogP contribution < -0.4 is 10.6 Å². The second kappa shape index (κ2) is 4.78. The number of nitrogens with one attached hydrogen (secondary N) is 2. The van der Waals surface area contributed by atoms with Gasteiger partial charge in [-0.05, 0) is 19.4 Å². The summed E-state index contributed by atoms with van der Waals surface area (Å²) in [6.45, 7) is -0.676. The van der Waals surface area contributed by atoms with Crippen molar-refractivity contribution in [1.82, 2.24) is 10.6 Å². The van der Waals surface area contributed by atoms with Gasteiger partial charge in [0.05, 0.1) is 12.6 Å². The lowest BCUT2D eigenvalue weighted by Gasteiger charge is -2.17. The molecule has 0 aromatic carbocycles. The molecule has 0 unspecified atom stereocenters. The summed E-state index contributed by atoms with van der Waals surface area (Å²) in [6.07, 6.45) is -2.43. The van der Waals surface area contributed by atoms with Crippen molar-refractivity contribution in [1.29, 1.82) is 0 Å². The molecule has 1 saturated heterocycles. The van der Waals surface area contributed by atoms with Gasteiger partial charge in [-0.15, -0.1) is 0 Å². The van der Waals surface area contributed by atoms with Gasteiger partial charge in [0.2, 0.25) is 5.91 Å². The van der Waals surface area contributed by atoms with Crippen LogP contribution in [0.2, 0.25) is 0 Å². The first-order chi connectivity index (χ1) is 6.93. The number of alkyl halides is 4. The molecule has 0 spiro atoms. The molecule has 1 aliphatic rings. The van der Waals surface area contributed by atoms with E-state index in [0.717, 1.165) is 6.42 Å². The average Bonchev–Trinajstić information content (AvgIpc) is 2.66. The minimum absolute atomic E-state index is 0.529. The van der Waals surface area contributed by atoms with Crippen molar-refractivity contribution in [2.45, 2.75) is 31.2 Å². The van der Waals surface area contributed by atoms with Crippen LogP contribution in [0.1, 0.15) is 12.8 Å². The maximum atomic E-state index is 12.4. The van der Waals surface area contributed by atoms with Crippen molar-refractivity contribution in [2.24, 2.45) is 0 Å². The molecule has 1 amide bonds. The molecular weight excluding hydrogens is 216 g/mol. The fourth-order valence-electron chi connectivity index (χ4n) is 1.31. The zero-order chi connectivity index (χ0) is 11.5. The summed E-state index contributed by atoms with van der Waals surface area (Å²) >= 11 is 0. The first-order valence-corrected chi connectivity index (χ1v) is 4.60. The fourth-order valence-corrected chi connectivity index (χ4v) is 1.31. The van der Waals surface area contributed by atoms with Crippen LogP contribution in [-0.2, 0) is 4.79 Å². The van der Waals surface area contributed by atoms with Crippen LogP contribution in [0.4, 0.5) is 17.6 Å². The Hall–Kier alpha value is -0.850. The SMILES string of the molecule is O=C(NCC(F)(F)C(F)F)[C@H]1CCCN1. The number of rotatable bonds is 4. The second-order valence-electron chi connectivity index (χ2n) is 3.43. The normalized spacial score (nSPS) is 22.1. The number of halogens is 4. The van der Waals surface area contributed by atoms with Gasteiger partial charge in [0.25, 0.3) is 0 Å². The van der Waals surface area contributed by atoms with Crippen LogP contribution in [0.5, 0.6) is 0 Å². The number of carbonyl (C=O) groups is 1. The summed E-state index contributed by atoms with van der Waals surface area (Å²) in [5.74, 6) is -4.80. The van der Waals surface area contributed by atoms with Crippen molar-refractivity contribution in [2.75, 3.05) is 13.1 Å². The third kappa shape index (κ3) is 3.33. The molecule has 3 nitrogen and oxygen atoms in total. The number of hydrogen-bond acceptors (Lipinski definition) is 2. The Kier molecular flexibility index (Phi) is 3.90. The smallest absolute Gasteiger partial charge is 0.324 e. The van der Waals surface area contributed by atoms with Gasteiger partial charge in [-0.3, -0.25) is 4.79 Å². The number of carbonyl (C=O) groups excluding carboxylic acids is 1. The van der Waals surface area contributed by atoms with E-state index in [-0.39, 0.29) is 0 Å². The van der Waals surface area contributed by atoms with E-state index in [2.05, 4.69) is 5.32 Å². The Bertz CT molecular complexity index is 229. The molecule has 1 fully saturated rings. The maximum Gasteiger partial charge on any atom is 0.324 e. The molecule has 1 aliphatic heterocycles. The van der Waals surface area contributed by atoms with E-state index >= 15 is 0 Å². The lowest BCUT2D eigenvalue weighted by molar-refractivity contribution is -0.137. The summed E-state index contributed by atoms with van der Waals surface area (Å²) in [5.41, 5.74) is 0. The van der Waals surface area contributed by atoms with Gasteiger partial charge in [0.15, 0.2) is 0 Å². The van der Waals surface area contributed by atoms with Crippen LogP contribution in [0.15, 0.2) is 0 Å². The molecule has 0 aromatic heterocycles. The van der Waals surface area contributed by atoms with Gasteiger partial charge < -0.3 is 10.6 Å². The van der Waals surface area contributed by atoms with E-state index in [1.54, 1.807) is 0 Å². The lowest BCUT2D eigenvalue weighted by atomic mass is 10.2. The van der Waals surface area contributed by atoms with Crippen molar-refractivity contribution in [3.8, 4) is 0 Å². The second-order valence-corrected chi connectivity index (χ2v) is 3.43. The molecular formula is C8H12F4N2O. The zero-order valence-electron chi connectivity index (χ0n) is 7.90. The van der Waals surface area contributed by atoms with E-state index in [9.17, 15) is 22.4 Å². The topological polar surface area (TPSA) is 41.1 Å². The predicted octanol–water partition coefficient (Wildman–Crippen LogP) is 0.755. The molecule has 2 N–H and O–H groups in total. The predicted molar refractivity (Wildman–Crippen MR) is 45.0 cm³/mol. The first kappa shape index (κ1) is 12.2. The van der Waals surface area contributed by atoms with E-state index in [1.807, 2.05) is 5.32 Å². The monoisotopic (exact) mass is 228 g/mol. The lowest BCUT2D eigenvalue weighted by Crippen LogP contribution is -2.47. The van der Waals surface area contributed by atoms with Gasteiger partial charge in [-0.2, -0.15) is 8.78 Å². The van der Waals surface area contributed by atoms with Crippen LogP contribution in [0, 0.1) is 0 Å². The molecule has 1 rings (SSSR count). The Labute approximate surface area is 84.2 Å². The van der Waals surface area contributed by atoms with E-state index in [4.69, 9.17) is 0 Å². The molecule has 0 bridgehead atoms. The van der Waals surface area contributed by atoms with Gasteiger partial charge in [0.1, 0.15) is 0 Å². The van der Waals surface area contributed by atoms with E-state index in [1.165, 1.54) is 0 Å². The molecule has 1 atom stereocenters. The highest BCUT2D eigenvalue weighted by molar-refractivity contribution is 5.82. The van der Waals surface area contributed by atoms with Crippen molar-refractivity contribution in [3.05, 3.63) is 0 Å². The zero-order valence-corrected chi connectivity index (χ0v) is 7.90. The third-order valence-corrected chi connectivity index (χ3v) is 2.19. The third-order valence-electron chi connectivity index (χ3n) is 2.19. The summed E-state index contributed by atoms with van der Waals surface area (Å²) in [5, 5.41) is 4.59. The summed E-state index contributed by atoms with van der Waals surface area (Å²) in [7, 11) is 0. The molecule has 0 aliphatic carbocycles. The molecule has 88 valence electrons. The Morgan fingerprint density at radius 2 is 2.20 bits per heavy atom. The minimum atomic E-state index is -4.16. The average molecular weight is 228 g/mol. The fraction of sp³-hybridized carbons (Fsp3) is 0.875. The Balaban J connectivity index is 2.33. The van der Waals surface area contributed by atoms with Gasteiger partial charge >= 0.3 is 12.3 Å². The van der Waals surface area contributed by atoms with Crippen LogP contribution >= 0.6 is 0 Å². The number of amides is 1. The van der Waals surface area contributed by atoms with Crippen LogP contribution in [0.3, 0.4) is 0 Å². The minimum Gasteiger partial charge on any atom is -0.348 e. The molecule has 0 saturated carbocycles. The standard InChI is InChI=1S/C8H12F4N2O/c9-7(10)8(11,12)4-14-6(15)5-2-1-3-13-5/h5,7,13H,1-4H2,(H,14,15)/t5-/m1/s1. The van der Waals surface area contributed by atoms with E-state index in [0.29, 0.717) is 13.0 Å². The van der Waals surface area contributed by atoms with Crippen LogP contribution in [0.25, 0.3) is 0 Å². The highest BCUT2D eigenvalue weighted by atomic mass is 19.3. The highest BCUT2D eigenvalue weighted by Gasteiger charge is 2.41.